The summed E-state index contributed by atoms with van der Waals surface area (Å²) in [6.07, 6.45) is 1.83. The number of rotatable bonds is 1. The van der Waals surface area contributed by atoms with E-state index in [1.807, 2.05) is 41.9 Å². The zero-order chi connectivity index (χ0) is 9.54. The van der Waals surface area contributed by atoms with Crippen molar-refractivity contribution < 1.29 is 4.79 Å². The van der Waals surface area contributed by atoms with Gasteiger partial charge in [0, 0.05) is 11.9 Å². The first-order chi connectivity index (χ1) is 6.88. The molecule has 1 atom stereocenters. The van der Waals surface area contributed by atoms with Gasteiger partial charge in [-0.1, -0.05) is 30.0 Å². The summed E-state index contributed by atoms with van der Waals surface area (Å²) < 4.78 is 0. The highest BCUT2D eigenvalue weighted by Crippen LogP contribution is 2.40. The van der Waals surface area contributed by atoms with E-state index in [4.69, 9.17) is 0 Å². The van der Waals surface area contributed by atoms with Gasteiger partial charge in [-0.15, -0.1) is 0 Å². The Kier molecular flexibility index (Phi) is 1.58. The van der Waals surface area contributed by atoms with Crippen molar-refractivity contribution in [1.29, 1.82) is 0 Å². The van der Waals surface area contributed by atoms with E-state index < -0.39 is 0 Å². The molecule has 3 rings (SSSR count). The molecule has 14 heavy (non-hydrogen) atoms. The monoisotopic (exact) mass is 204 g/mol. The molecule has 0 radical (unpaired) electrons. The number of urea groups is 1. The first-order valence-corrected chi connectivity index (χ1v) is 5.31. The van der Waals surface area contributed by atoms with Crippen LogP contribution in [0.3, 0.4) is 0 Å². The Labute approximate surface area is 86.0 Å². The molecule has 0 unspecified atom stereocenters. The molecule has 1 aromatic rings. The van der Waals surface area contributed by atoms with Crippen LogP contribution >= 0.6 is 11.8 Å². The van der Waals surface area contributed by atoms with Crippen LogP contribution in [0.2, 0.25) is 0 Å². The number of carbonyl (C=O) groups is 1. The van der Waals surface area contributed by atoms with Crippen LogP contribution < -0.4 is 4.90 Å². The highest BCUT2D eigenvalue weighted by molar-refractivity contribution is 8.03. The fourth-order valence-electron chi connectivity index (χ4n) is 1.64. The second kappa shape index (κ2) is 2.78. The van der Waals surface area contributed by atoms with Crippen LogP contribution in [-0.4, -0.2) is 16.4 Å². The van der Waals surface area contributed by atoms with Gasteiger partial charge in [0.15, 0.2) is 5.50 Å². The molecule has 0 spiro atoms. The number of hydrogen-bond donors (Lipinski definition) is 0. The molecule has 2 aliphatic heterocycles. The van der Waals surface area contributed by atoms with Crippen molar-refractivity contribution in [2.24, 2.45) is 0 Å². The molecule has 0 saturated carbocycles. The Balaban J connectivity index is 1.92. The van der Waals surface area contributed by atoms with E-state index in [9.17, 15) is 4.79 Å². The molecule has 3 nitrogen and oxygen atoms in total. The predicted octanol–water partition coefficient (Wildman–Crippen LogP) is 2.43. The molecular weight excluding hydrogens is 196 g/mol. The molecule has 70 valence electrons. The van der Waals surface area contributed by atoms with Crippen LogP contribution in [0.1, 0.15) is 0 Å². The SMILES string of the molecule is O=C1N2C=CS[C@H]2N1c1ccccc1. The lowest BCUT2D eigenvalue weighted by Gasteiger charge is -2.44. The van der Waals surface area contributed by atoms with Gasteiger partial charge in [-0.3, -0.25) is 9.80 Å². The van der Waals surface area contributed by atoms with Gasteiger partial charge >= 0.3 is 6.03 Å². The molecule has 0 aromatic heterocycles. The minimum atomic E-state index is 0.0578. The summed E-state index contributed by atoms with van der Waals surface area (Å²) in [6, 6.07) is 9.80. The summed E-state index contributed by atoms with van der Waals surface area (Å²) >= 11 is 1.65. The molecule has 0 aliphatic carbocycles. The number of hydrogen-bond acceptors (Lipinski definition) is 2. The van der Waals surface area contributed by atoms with E-state index in [1.165, 1.54) is 0 Å². The van der Waals surface area contributed by atoms with Crippen molar-refractivity contribution in [3.05, 3.63) is 41.9 Å². The summed E-state index contributed by atoms with van der Waals surface area (Å²) in [5.74, 6) is 0. The highest BCUT2D eigenvalue weighted by atomic mass is 32.2. The molecular formula is C10H8N2OS. The number of nitrogens with zero attached hydrogens (tertiary/aromatic N) is 2. The van der Waals surface area contributed by atoms with Crippen LogP contribution in [0.4, 0.5) is 10.5 Å². The topological polar surface area (TPSA) is 23.6 Å². The summed E-state index contributed by atoms with van der Waals surface area (Å²) in [4.78, 5) is 15.2. The standard InChI is InChI=1S/C10H8N2OS/c13-9-11-6-7-14-10(11)12(9)8-4-2-1-3-5-8/h1-7,10H/t10-/m1/s1. The number of thioether (sulfide) groups is 1. The van der Waals surface area contributed by atoms with Crippen LogP contribution in [0, 0.1) is 0 Å². The van der Waals surface area contributed by atoms with Gasteiger partial charge < -0.3 is 0 Å². The van der Waals surface area contributed by atoms with E-state index in [1.54, 1.807) is 21.6 Å². The Morgan fingerprint density at radius 2 is 2.00 bits per heavy atom. The van der Waals surface area contributed by atoms with Crippen molar-refractivity contribution in [3.63, 3.8) is 0 Å². The maximum Gasteiger partial charge on any atom is 0.333 e. The molecule has 4 heteroatoms. The number of fused-ring (bicyclic) bond motifs is 1. The van der Waals surface area contributed by atoms with Crippen molar-refractivity contribution in [3.8, 4) is 0 Å². The summed E-state index contributed by atoms with van der Waals surface area (Å²) in [5, 5.41) is 1.95. The van der Waals surface area contributed by atoms with Gasteiger partial charge in [0.2, 0.25) is 0 Å². The number of para-hydroxylation sites is 1. The van der Waals surface area contributed by atoms with E-state index >= 15 is 0 Å². The highest BCUT2D eigenvalue weighted by Gasteiger charge is 2.46. The largest absolute Gasteiger partial charge is 0.333 e. The lowest BCUT2D eigenvalue weighted by Crippen LogP contribution is -2.62. The van der Waals surface area contributed by atoms with Crippen molar-refractivity contribution in [2.75, 3.05) is 4.90 Å². The van der Waals surface area contributed by atoms with E-state index in [0.717, 1.165) is 5.69 Å². The average Bonchev–Trinajstić information content (AvgIpc) is 2.63. The minimum Gasteiger partial charge on any atom is -0.269 e. The molecule has 1 saturated heterocycles. The van der Waals surface area contributed by atoms with E-state index in [0.29, 0.717) is 0 Å². The fraction of sp³-hybridized carbons (Fsp3) is 0.100. The van der Waals surface area contributed by atoms with Crippen LogP contribution in [0.15, 0.2) is 41.9 Å². The predicted molar refractivity (Wildman–Crippen MR) is 56.7 cm³/mol. The minimum absolute atomic E-state index is 0.0578. The first kappa shape index (κ1) is 7.94. The molecule has 0 N–H and O–H groups in total. The normalized spacial score (nSPS) is 23.7. The molecule has 2 amide bonds. The summed E-state index contributed by atoms with van der Waals surface area (Å²) in [5.41, 5.74) is 1.11. The van der Waals surface area contributed by atoms with E-state index in [2.05, 4.69) is 0 Å². The average molecular weight is 204 g/mol. The second-order valence-corrected chi connectivity index (χ2v) is 4.11. The van der Waals surface area contributed by atoms with Gasteiger partial charge in [-0.05, 0) is 17.5 Å². The number of benzene rings is 1. The second-order valence-electron chi connectivity index (χ2n) is 3.14. The fourth-order valence-corrected chi connectivity index (χ4v) is 2.61. The van der Waals surface area contributed by atoms with Crippen LogP contribution in [0.25, 0.3) is 0 Å². The Morgan fingerprint density at radius 3 is 2.79 bits per heavy atom. The zero-order valence-corrected chi connectivity index (χ0v) is 8.15. The Hall–Kier alpha value is -1.42. The van der Waals surface area contributed by atoms with Gasteiger partial charge in [0.25, 0.3) is 0 Å². The number of amides is 2. The number of anilines is 1. The Bertz CT molecular complexity index is 404. The molecule has 1 fully saturated rings. The summed E-state index contributed by atoms with van der Waals surface area (Å²) in [6.45, 7) is 0. The van der Waals surface area contributed by atoms with Crippen molar-refractivity contribution in [2.45, 2.75) is 5.50 Å². The smallest absolute Gasteiger partial charge is 0.269 e. The maximum absolute atomic E-state index is 11.6. The molecule has 2 aliphatic rings. The molecule has 2 heterocycles. The third-order valence-electron chi connectivity index (χ3n) is 2.34. The van der Waals surface area contributed by atoms with Crippen LogP contribution in [-0.2, 0) is 0 Å². The maximum atomic E-state index is 11.6. The quantitative estimate of drug-likeness (QED) is 0.701. The van der Waals surface area contributed by atoms with E-state index in [-0.39, 0.29) is 11.5 Å². The zero-order valence-electron chi connectivity index (χ0n) is 7.33. The lowest BCUT2D eigenvalue weighted by atomic mass is 10.3. The third-order valence-corrected chi connectivity index (χ3v) is 3.30. The number of carbonyl (C=O) groups excluding carboxylic acids is 1. The summed E-state index contributed by atoms with van der Waals surface area (Å²) in [7, 11) is 0. The van der Waals surface area contributed by atoms with Gasteiger partial charge in [0.05, 0.1) is 0 Å². The molecule has 0 bridgehead atoms. The Morgan fingerprint density at radius 1 is 1.21 bits per heavy atom. The first-order valence-electron chi connectivity index (χ1n) is 4.36. The third kappa shape index (κ3) is 0.915. The van der Waals surface area contributed by atoms with Gasteiger partial charge in [0.1, 0.15) is 0 Å². The lowest BCUT2D eigenvalue weighted by molar-refractivity contribution is 0.192. The van der Waals surface area contributed by atoms with Gasteiger partial charge in [-0.25, -0.2) is 4.79 Å². The van der Waals surface area contributed by atoms with Gasteiger partial charge in [-0.2, -0.15) is 0 Å². The molecule has 1 aromatic carbocycles. The van der Waals surface area contributed by atoms with Crippen molar-refractivity contribution in [1.82, 2.24) is 4.90 Å². The van der Waals surface area contributed by atoms with Crippen LogP contribution in [0.5, 0.6) is 0 Å². The van der Waals surface area contributed by atoms with Crippen molar-refractivity contribution >= 4 is 23.5 Å².